The number of carbonyl (C=O) groups is 2. The van der Waals surface area contributed by atoms with Crippen molar-refractivity contribution in [2.45, 2.75) is 0 Å². The van der Waals surface area contributed by atoms with Gasteiger partial charge in [-0.2, -0.15) is 0 Å². The van der Waals surface area contributed by atoms with Crippen molar-refractivity contribution in [2.75, 3.05) is 23.4 Å². The molecule has 6 nitrogen and oxygen atoms in total. The minimum absolute atomic E-state index is 0.188. The standard InChI is InChI=1S/C20H17N3O3/c24-19(15-4-3-5-18(14-15)22-10-1-2-11-22)21-16-6-8-17(9-7-16)23-12-13-26-20(23)25/h1-11,14H,12-13H2,(H,21,24). The average Bonchev–Trinajstić information content (AvgIpc) is 3.34. The van der Waals surface area contributed by atoms with E-state index in [1.807, 2.05) is 47.3 Å². The zero-order valence-corrected chi connectivity index (χ0v) is 14.0. The fraction of sp³-hybridized carbons (Fsp3) is 0.100. The largest absolute Gasteiger partial charge is 0.447 e. The summed E-state index contributed by atoms with van der Waals surface area (Å²) < 4.78 is 6.87. The van der Waals surface area contributed by atoms with Crippen LogP contribution in [0.1, 0.15) is 10.4 Å². The van der Waals surface area contributed by atoms with Crippen molar-refractivity contribution in [3.05, 3.63) is 78.6 Å². The van der Waals surface area contributed by atoms with Gasteiger partial charge in [-0.05, 0) is 54.6 Å². The summed E-state index contributed by atoms with van der Waals surface area (Å²) >= 11 is 0. The van der Waals surface area contributed by atoms with E-state index in [-0.39, 0.29) is 12.0 Å². The molecule has 1 aliphatic heterocycles. The molecular formula is C20H17N3O3. The maximum atomic E-state index is 12.5. The summed E-state index contributed by atoms with van der Waals surface area (Å²) in [5, 5.41) is 2.88. The van der Waals surface area contributed by atoms with Crippen LogP contribution >= 0.6 is 0 Å². The Bertz CT molecular complexity index is 933. The smallest absolute Gasteiger partial charge is 0.414 e. The fourth-order valence-corrected chi connectivity index (χ4v) is 2.87. The molecule has 0 atom stereocenters. The summed E-state index contributed by atoms with van der Waals surface area (Å²) in [5.74, 6) is -0.188. The second-order valence-electron chi connectivity index (χ2n) is 5.91. The number of benzene rings is 2. The van der Waals surface area contributed by atoms with E-state index in [0.29, 0.717) is 24.4 Å². The van der Waals surface area contributed by atoms with Gasteiger partial charge in [0, 0.05) is 35.0 Å². The molecule has 26 heavy (non-hydrogen) atoms. The van der Waals surface area contributed by atoms with Gasteiger partial charge in [-0.15, -0.1) is 0 Å². The lowest BCUT2D eigenvalue weighted by atomic mass is 10.1. The first-order chi connectivity index (χ1) is 12.7. The van der Waals surface area contributed by atoms with Crippen LogP contribution in [0.3, 0.4) is 0 Å². The number of aromatic nitrogens is 1. The molecule has 130 valence electrons. The number of nitrogens with one attached hydrogen (secondary N) is 1. The Morgan fingerprint density at radius 3 is 2.42 bits per heavy atom. The Morgan fingerprint density at radius 2 is 1.73 bits per heavy atom. The number of rotatable bonds is 4. The Labute approximate surface area is 150 Å². The molecule has 0 bridgehead atoms. The molecular weight excluding hydrogens is 330 g/mol. The third-order valence-corrected chi connectivity index (χ3v) is 4.21. The number of nitrogens with zero attached hydrogens (tertiary/aromatic N) is 2. The second kappa shape index (κ2) is 6.76. The summed E-state index contributed by atoms with van der Waals surface area (Å²) in [6.07, 6.45) is 3.52. The van der Waals surface area contributed by atoms with Gasteiger partial charge in [0.05, 0.1) is 6.54 Å². The molecule has 1 saturated heterocycles. The lowest BCUT2D eigenvalue weighted by molar-refractivity contribution is 0.102. The van der Waals surface area contributed by atoms with Crippen LogP contribution in [0.25, 0.3) is 5.69 Å². The summed E-state index contributed by atoms with van der Waals surface area (Å²) in [6.45, 7) is 0.936. The van der Waals surface area contributed by atoms with E-state index >= 15 is 0 Å². The van der Waals surface area contributed by atoms with E-state index in [1.165, 1.54) is 0 Å². The normalized spacial score (nSPS) is 13.5. The molecule has 2 aromatic carbocycles. The number of amides is 2. The zero-order chi connectivity index (χ0) is 17.9. The molecule has 2 amide bonds. The first-order valence-electron chi connectivity index (χ1n) is 8.30. The summed E-state index contributed by atoms with van der Waals surface area (Å²) in [6, 6.07) is 18.4. The molecule has 1 N–H and O–H groups in total. The highest BCUT2D eigenvalue weighted by Crippen LogP contribution is 2.21. The molecule has 1 aliphatic rings. The van der Waals surface area contributed by atoms with Crippen LogP contribution in [0, 0.1) is 0 Å². The van der Waals surface area contributed by atoms with Gasteiger partial charge < -0.3 is 14.6 Å². The van der Waals surface area contributed by atoms with Crippen LogP contribution in [-0.2, 0) is 4.74 Å². The topological polar surface area (TPSA) is 63.6 Å². The van der Waals surface area contributed by atoms with Crippen molar-refractivity contribution >= 4 is 23.4 Å². The van der Waals surface area contributed by atoms with Gasteiger partial charge in [-0.25, -0.2) is 4.79 Å². The van der Waals surface area contributed by atoms with E-state index in [2.05, 4.69) is 5.32 Å². The number of ether oxygens (including phenoxy) is 1. The Balaban J connectivity index is 1.48. The Kier molecular flexibility index (Phi) is 4.15. The minimum Gasteiger partial charge on any atom is -0.447 e. The second-order valence-corrected chi connectivity index (χ2v) is 5.91. The zero-order valence-electron chi connectivity index (χ0n) is 14.0. The first kappa shape index (κ1) is 16.0. The minimum atomic E-state index is -0.344. The van der Waals surface area contributed by atoms with Crippen LogP contribution in [0.2, 0.25) is 0 Å². The Hall–Kier alpha value is -3.54. The molecule has 6 heteroatoms. The van der Waals surface area contributed by atoms with Crippen LogP contribution in [-0.4, -0.2) is 29.7 Å². The summed E-state index contributed by atoms with van der Waals surface area (Å²) in [5.41, 5.74) is 2.91. The van der Waals surface area contributed by atoms with E-state index < -0.39 is 0 Å². The number of cyclic esters (lactones) is 1. The number of anilines is 2. The van der Waals surface area contributed by atoms with Crippen molar-refractivity contribution < 1.29 is 14.3 Å². The van der Waals surface area contributed by atoms with Crippen molar-refractivity contribution in [1.82, 2.24) is 4.57 Å². The predicted octanol–water partition coefficient (Wildman–Crippen LogP) is 3.69. The van der Waals surface area contributed by atoms with Crippen LogP contribution in [0.15, 0.2) is 73.1 Å². The molecule has 0 radical (unpaired) electrons. The molecule has 0 aliphatic carbocycles. The first-order valence-corrected chi connectivity index (χ1v) is 8.30. The van der Waals surface area contributed by atoms with Gasteiger partial charge in [-0.3, -0.25) is 9.69 Å². The van der Waals surface area contributed by atoms with Crippen molar-refractivity contribution in [1.29, 1.82) is 0 Å². The molecule has 0 unspecified atom stereocenters. The highest BCUT2D eigenvalue weighted by atomic mass is 16.6. The number of hydrogen-bond donors (Lipinski definition) is 1. The van der Waals surface area contributed by atoms with E-state index in [0.717, 1.165) is 11.4 Å². The lowest BCUT2D eigenvalue weighted by Gasteiger charge is -2.13. The highest BCUT2D eigenvalue weighted by Gasteiger charge is 2.23. The maximum absolute atomic E-state index is 12.5. The van der Waals surface area contributed by atoms with Gasteiger partial charge in [0.15, 0.2) is 0 Å². The average molecular weight is 347 g/mol. The number of carbonyl (C=O) groups excluding carboxylic acids is 2. The fourth-order valence-electron chi connectivity index (χ4n) is 2.87. The molecule has 4 rings (SSSR count). The van der Waals surface area contributed by atoms with E-state index in [9.17, 15) is 9.59 Å². The van der Waals surface area contributed by atoms with Crippen molar-refractivity contribution in [3.8, 4) is 5.69 Å². The van der Waals surface area contributed by atoms with Crippen LogP contribution in [0.4, 0.5) is 16.2 Å². The van der Waals surface area contributed by atoms with Crippen molar-refractivity contribution in [2.24, 2.45) is 0 Å². The summed E-state index contributed by atoms with van der Waals surface area (Å²) in [7, 11) is 0. The quantitative estimate of drug-likeness (QED) is 0.783. The summed E-state index contributed by atoms with van der Waals surface area (Å²) in [4.78, 5) is 25.7. The van der Waals surface area contributed by atoms with Gasteiger partial charge >= 0.3 is 6.09 Å². The third kappa shape index (κ3) is 3.17. The molecule has 1 aromatic heterocycles. The van der Waals surface area contributed by atoms with Gasteiger partial charge in [0.1, 0.15) is 6.61 Å². The van der Waals surface area contributed by atoms with Gasteiger partial charge in [-0.1, -0.05) is 6.07 Å². The predicted molar refractivity (Wildman–Crippen MR) is 98.9 cm³/mol. The van der Waals surface area contributed by atoms with Gasteiger partial charge in [0.2, 0.25) is 0 Å². The molecule has 1 fully saturated rings. The molecule has 0 spiro atoms. The monoisotopic (exact) mass is 347 g/mol. The molecule has 0 saturated carbocycles. The van der Waals surface area contributed by atoms with E-state index in [4.69, 9.17) is 4.74 Å². The van der Waals surface area contributed by atoms with Crippen molar-refractivity contribution in [3.63, 3.8) is 0 Å². The number of hydrogen-bond acceptors (Lipinski definition) is 3. The molecule has 3 aromatic rings. The maximum Gasteiger partial charge on any atom is 0.414 e. The van der Waals surface area contributed by atoms with Crippen LogP contribution in [0.5, 0.6) is 0 Å². The third-order valence-electron chi connectivity index (χ3n) is 4.21. The molecule has 2 heterocycles. The Morgan fingerprint density at radius 1 is 0.962 bits per heavy atom. The lowest BCUT2D eigenvalue weighted by Crippen LogP contribution is -2.23. The van der Waals surface area contributed by atoms with Crippen LogP contribution < -0.4 is 10.2 Å². The highest BCUT2D eigenvalue weighted by molar-refractivity contribution is 6.04. The SMILES string of the molecule is O=C(Nc1ccc(N2CCOC2=O)cc1)c1cccc(-n2cccc2)c1. The van der Waals surface area contributed by atoms with E-state index in [1.54, 1.807) is 35.2 Å². The van der Waals surface area contributed by atoms with Gasteiger partial charge in [0.25, 0.3) is 5.91 Å².